The zero-order valence-electron chi connectivity index (χ0n) is 38.5. The Morgan fingerprint density at radius 3 is 2.39 bits per heavy atom. The number of anilines is 3. The number of H-pyrrole nitrogens is 1. The number of aromatic amines is 1. The molecule has 19 heteroatoms. The molecule has 3 aliphatic rings. The van der Waals surface area contributed by atoms with Crippen molar-refractivity contribution in [1.29, 1.82) is 0 Å². The van der Waals surface area contributed by atoms with E-state index < -0.39 is 30.0 Å². The molecule has 19 nitrogen and oxygen atoms in total. The largest absolute Gasteiger partial charge is 0.496 e. The number of nitrogens with one attached hydrogen (secondary N) is 5. The summed E-state index contributed by atoms with van der Waals surface area (Å²) in [6.07, 6.45) is 5.13. The predicted molar refractivity (Wildman–Crippen MR) is 250 cm³/mol. The van der Waals surface area contributed by atoms with E-state index in [1.165, 1.54) is 12.8 Å². The zero-order valence-corrected chi connectivity index (χ0v) is 38.5. The number of aromatic nitrogens is 6. The van der Waals surface area contributed by atoms with Crippen LogP contribution in [0.4, 0.5) is 17.3 Å². The fourth-order valence-corrected chi connectivity index (χ4v) is 9.02. The number of hydrogen-bond donors (Lipinski definition) is 6. The van der Waals surface area contributed by atoms with Gasteiger partial charge in [-0.3, -0.25) is 19.3 Å². The van der Waals surface area contributed by atoms with Crippen LogP contribution < -0.4 is 26.0 Å². The predicted octanol–water partition coefficient (Wildman–Crippen LogP) is 6.22. The molecule has 2 unspecified atom stereocenters. The average Bonchev–Trinajstić information content (AvgIpc) is 3.77. The van der Waals surface area contributed by atoms with Gasteiger partial charge in [0.05, 0.1) is 47.1 Å². The summed E-state index contributed by atoms with van der Waals surface area (Å²) >= 11 is 0. The molecule has 1 saturated heterocycles. The first kappa shape index (κ1) is 45.7. The van der Waals surface area contributed by atoms with Crippen molar-refractivity contribution >= 4 is 57.0 Å². The SMILES string of the molecule is CCn1nc(C2CC2)cc1Nc1nc(CNCCCOCCCCOCCCNc2cccc3c2C(=O)N(C2CCC(O)NC2=O)C3=O)nc2[nH]c3cc(-c4c(C)noc4C)c(OC)cc3c12. The summed E-state index contributed by atoms with van der Waals surface area (Å²) < 4.78 is 25.2. The molecule has 3 amide bonds. The van der Waals surface area contributed by atoms with Crippen LogP contribution in [0.2, 0.25) is 0 Å². The van der Waals surface area contributed by atoms with Crippen molar-refractivity contribution < 1.29 is 38.2 Å². The number of methoxy groups -OCH3 is 1. The molecule has 6 aromatic rings. The molecule has 0 spiro atoms. The van der Waals surface area contributed by atoms with Crippen molar-refractivity contribution in [1.82, 2.24) is 45.4 Å². The van der Waals surface area contributed by atoms with Crippen molar-refractivity contribution in [3.05, 3.63) is 70.5 Å². The summed E-state index contributed by atoms with van der Waals surface area (Å²) in [5.74, 6) is 2.64. The minimum atomic E-state index is -0.971. The molecular formula is C48H59N11O8. The minimum Gasteiger partial charge on any atom is -0.496 e. The second kappa shape index (κ2) is 20.2. The monoisotopic (exact) mass is 917 g/mol. The molecule has 354 valence electrons. The normalized spacial score (nSPS) is 17.2. The van der Waals surface area contributed by atoms with E-state index in [1.807, 2.05) is 24.6 Å². The lowest BCUT2D eigenvalue weighted by Crippen LogP contribution is -2.55. The molecule has 0 bridgehead atoms. The average molecular weight is 918 g/mol. The number of rotatable bonds is 23. The highest BCUT2D eigenvalue weighted by molar-refractivity contribution is 6.25. The number of benzene rings is 2. The van der Waals surface area contributed by atoms with E-state index >= 15 is 0 Å². The van der Waals surface area contributed by atoms with Crippen molar-refractivity contribution in [2.75, 3.05) is 57.3 Å². The first-order chi connectivity index (χ1) is 32.6. The Kier molecular flexibility index (Phi) is 13.8. The van der Waals surface area contributed by atoms with Gasteiger partial charge in [-0.05, 0) is 103 Å². The Bertz CT molecular complexity index is 2760. The van der Waals surface area contributed by atoms with Crippen LogP contribution in [-0.4, -0.2) is 117 Å². The van der Waals surface area contributed by atoms with Gasteiger partial charge >= 0.3 is 0 Å². The van der Waals surface area contributed by atoms with Crippen molar-refractivity contribution in [3.8, 4) is 16.9 Å². The third-order valence-corrected chi connectivity index (χ3v) is 12.6. The van der Waals surface area contributed by atoms with Crippen molar-refractivity contribution in [3.63, 3.8) is 0 Å². The summed E-state index contributed by atoms with van der Waals surface area (Å²) in [5.41, 5.74) is 6.39. The smallest absolute Gasteiger partial charge is 0.264 e. The Balaban J connectivity index is 0.717. The molecule has 6 heterocycles. The number of imide groups is 1. The summed E-state index contributed by atoms with van der Waals surface area (Å²) in [4.78, 5) is 53.6. The number of carbonyl (C=O) groups is 3. The number of ether oxygens (including phenoxy) is 3. The maximum atomic E-state index is 13.3. The second-order valence-electron chi connectivity index (χ2n) is 17.4. The quantitative estimate of drug-likeness (QED) is 0.0309. The molecule has 4 aromatic heterocycles. The van der Waals surface area contributed by atoms with E-state index in [2.05, 4.69) is 50.5 Å². The van der Waals surface area contributed by atoms with Crippen molar-refractivity contribution in [2.45, 2.75) is 103 Å². The second-order valence-corrected chi connectivity index (χ2v) is 17.4. The van der Waals surface area contributed by atoms with Gasteiger partial charge in [0.25, 0.3) is 11.8 Å². The number of aliphatic hydroxyl groups excluding tert-OH is 1. The highest BCUT2D eigenvalue weighted by atomic mass is 16.5. The summed E-state index contributed by atoms with van der Waals surface area (Å²) in [5, 5.41) is 33.4. The van der Waals surface area contributed by atoms with Gasteiger partial charge in [-0.2, -0.15) is 5.10 Å². The molecule has 1 saturated carbocycles. The summed E-state index contributed by atoms with van der Waals surface area (Å²) in [7, 11) is 1.67. The van der Waals surface area contributed by atoms with Crippen LogP contribution in [0.3, 0.4) is 0 Å². The van der Waals surface area contributed by atoms with E-state index in [4.69, 9.17) is 33.8 Å². The molecular weight excluding hydrogens is 859 g/mol. The molecule has 6 N–H and O–H groups in total. The molecule has 2 atom stereocenters. The first-order valence-corrected chi connectivity index (χ1v) is 23.4. The highest BCUT2D eigenvalue weighted by Crippen LogP contribution is 2.43. The van der Waals surface area contributed by atoms with Gasteiger partial charge in [0.15, 0.2) is 0 Å². The summed E-state index contributed by atoms with van der Waals surface area (Å²) in [6, 6.07) is 10.4. The number of aliphatic hydroxyl groups is 1. The standard InChI is InChI=1S/C48H59N11O8/c1-5-58-39(25-34(56-58)29-13-14-29)54-45-43-31-24-37(64-4)32(41-27(2)57-67-28(41)3)23-35(31)51-44(43)52-38(53-45)26-49-17-9-21-65-19-6-7-20-66-22-10-18-50-33-12-8-11-30-42(33)48(63)59(47(30)62)36-15-16-40(60)55-46(36)61/h8,11-12,23-25,29,36,40,49-50,60H,5-7,9-10,13-22,26H2,1-4H3,(H,55,61)(H2,51,52,53,54). The molecule has 0 radical (unpaired) electrons. The zero-order chi connectivity index (χ0) is 46.6. The molecule has 2 fully saturated rings. The maximum absolute atomic E-state index is 13.3. The van der Waals surface area contributed by atoms with Gasteiger partial charge in [0.1, 0.15) is 46.9 Å². The van der Waals surface area contributed by atoms with Crippen LogP contribution >= 0.6 is 0 Å². The van der Waals surface area contributed by atoms with Crippen LogP contribution in [0.1, 0.15) is 108 Å². The third-order valence-electron chi connectivity index (χ3n) is 12.6. The molecule has 9 rings (SSSR count). The van der Waals surface area contributed by atoms with Gasteiger partial charge < -0.3 is 50.1 Å². The number of aryl methyl sites for hydroxylation is 3. The van der Waals surface area contributed by atoms with Crippen molar-refractivity contribution in [2.24, 2.45) is 0 Å². The number of amides is 3. The fourth-order valence-electron chi connectivity index (χ4n) is 9.02. The maximum Gasteiger partial charge on any atom is 0.264 e. The van der Waals surface area contributed by atoms with Crippen LogP contribution in [0.25, 0.3) is 33.1 Å². The lowest BCUT2D eigenvalue weighted by atomic mass is 10.0. The lowest BCUT2D eigenvalue weighted by Gasteiger charge is -2.31. The van der Waals surface area contributed by atoms with E-state index in [-0.39, 0.29) is 24.0 Å². The Morgan fingerprint density at radius 2 is 1.67 bits per heavy atom. The van der Waals surface area contributed by atoms with E-state index in [1.54, 1.807) is 25.3 Å². The van der Waals surface area contributed by atoms with Gasteiger partial charge in [0, 0.05) is 73.7 Å². The Morgan fingerprint density at radius 1 is 0.896 bits per heavy atom. The lowest BCUT2D eigenvalue weighted by molar-refractivity contribution is -0.131. The van der Waals surface area contributed by atoms with Gasteiger partial charge in [-0.25, -0.2) is 14.6 Å². The minimum absolute atomic E-state index is 0.214. The number of unbranched alkanes of at least 4 members (excludes halogenated alkanes) is 1. The van der Waals surface area contributed by atoms with Crippen LogP contribution in [0.15, 0.2) is 40.9 Å². The summed E-state index contributed by atoms with van der Waals surface area (Å²) in [6.45, 7) is 10.8. The van der Waals surface area contributed by atoms with Crippen LogP contribution in [0.5, 0.6) is 5.75 Å². The Labute approximate surface area is 387 Å². The molecule has 67 heavy (non-hydrogen) atoms. The third kappa shape index (κ3) is 9.72. The molecule has 2 aromatic carbocycles. The number of hydrogen-bond acceptors (Lipinski definition) is 15. The van der Waals surface area contributed by atoms with E-state index in [9.17, 15) is 19.5 Å². The van der Waals surface area contributed by atoms with Gasteiger partial charge in [0.2, 0.25) is 5.91 Å². The van der Waals surface area contributed by atoms with E-state index in [0.717, 1.165) is 87.6 Å². The number of piperidine rings is 1. The Hall–Kier alpha value is -6.41. The molecule has 1 aliphatic carbocycles. The first-order valence-electron chi connectivity index (χ1n) is 23.4. The topological polar surface area (TPSA) is 236 Å². The number of carbonyl (C=O) groups excluding carboxylic acids is 3. The van der Waals surface area contributed by atoms with Crippen LogP contribution in [-0.2, 0) is 27.4 Å². The number of fused-ring (bicyclic) bond motifs is 4. The highest BCUT2D eigenvalue weighted by Gasteiger charge is 2.45. The fraction of sp³-hybridized carbons (Fsp3) is 0.479. The van der Waals surface area contributed by atoms with E-state index in [0.29, 0.717) is 80.6 Å². The molecule has 2 aliphatic heterocycles. The van der Waals surface area contributed by atoms with Gasteiger partial charge in [-0.15, -0.1) is 0 Å². The van der Waals surface area contributed by atoms with Gasteiger partial charge in [-0.1, -0.05) is 11.2 Å². The number of nitrogens with zero attached hydrogens (tertiary/aromatic N) is 6. The van der Waals surface area contributed by atoms with Crippen LogP contribution in [0, 0.1) is 13.8 Å².